The molecule has 2 rings (SSSR count). The number of benzene rings is 1. The fourth-order valence-corrected chi connectivity index (χ4v) is 3.59. The zero-order valence-electron chi connectivity index (χ0n) is 16.9. The molecule has 0 aliphatic heterocycles. The SMILES string of the molecule is CCCCCCCCCCCCNC(=O)[C@@H](N)Cc1c[nH]c2ccccc12. The van der Waals surface area contributed by atoms with Gasteiger partial charge in [-0.3, -0.25) is 4.79 Å². The van der Waals surface area contributed by atoms with Crippen LogP contribution in [-0.2, 0) is 11.2 Å². The van der Waals surface area contributed by atoms with E-state index in [-0.39, 0.29) is 5.91 Å². The van der Waals surface area contributed by atoms with Gasteiger partial charge in [-0.1, -0.05) is 82.9 Å². The van der Waals surface area contributed by atoms with Gasteiger partial charge < -0.3 is 16.0 Å². The molecular formula is C23H37N3O. The number of amides is 1. The molecule has 4 N–H and O–H groups in total. The molecule has 1 amide bonds. The third kappa shape index (κ3) is 7.76. The van der Waals surface area contributed by atoms with E-state index in [2.05, 4.69) is 23.3 Å². The number of carbonyl (C=O) groups is 1. The van der Waals surface area contributed by atoms with Crippen molar-refractivity contribution in [3.05, 3.63) is 36.0 Å². The Hall–Kier alpha value is -1.81. The average Bonchev–Trinajstić information content (AvgIpc) is 3.09. The van der Waals surface area contributed by atoms with E-state index < -0.39 is 6.04 Å². The second-order valence-electron chi connectivity index (χ2n) is 7.64. The van der Waals surface area contributed by atoms with Crippen molar-refractivity contribution in [3.63, 3.8) is 0 Å². The largest absolute Gasteiger partial charge is 0.361 e. The van der Waals surface area contributed by atoms with E-state index in [0.717, 1.165) is 29.4 Å². The van der Waals surface area contributed by atoms with E-state index in [1.165, 1.54) is 57.8 Å². The molecule has 4 heteroatoms. The maximum atomic E-state index is 12.2. The summed E-state index contributed by atoms with van der Waals surface area (Å²) < 4.78 is 0. The molecular weight excluding hydrogens is 334 g/mol. The van der Waals surface area contributed by atoms with E-state index in [0.29, 0.717) is 6.42 Å². The van der Waals surface area contributed by atoms with Crippen LogP contribution < -0.4 is 11.1 Å². The first kappa shape index (κ1) is 21.5. The minimum Gasteiger partial charge on any atom is -0.361 e. The highest BCUT2D eigenvalue weighted by molar-refractivity contribution is 5.86. The molecule has 1 heterocycles. The van der Waals surface area contributed by atoms with Crippen molar-refractivity contribution < 1.29 is 4.79 Å². The molecule has 0 aliphatic carbocycles. The highest BCUT2D eigenvalue weighted by Gasteiger charge is 2.15. The van der Waals surface area contributed by atoms with Gasteiger partial charge in [0.15, 0.2) is 0 Å². The predicted molar refractivity (Wildman–Crippen MR) is 115 cm³/mol. The summed E-state index contributed by atoms with van der Waals surface area (Å²) in [4.78, 5) is 15.5. The normalized spacial score (nSPS) is 12.4. The standard InChI is InChI=1S/C23H37N3O/c1-2-3-4-5-6-7-8-9-10-13-16-25-23(27)21(24)17-19-18-26-22-15-12-11-14-20(19)22/h11-12,14-15,18,21,26H,2-10,13,16-17,24H2,1H3,(H,25,27)/t21-/m0/s1. The van der Waals surface area contributed by atoms with Crippen molar-refractivity contribution in [2.45, 2.75) is 83.6 Å². The molecule has 0 unspecified atom stereocenters. The first-order chi connectivity index (χ1) is 13.2. The molecule has 2 aromatic rings. The molecule has 27 heavy (non-hydrogen) atoms. The van der Waals surface area contributed by atoms with Crippen molar-refractivity contribution >= 4 is 16.8 Å². The van der Waals surface area contributed by atoms with Crippen LogP contribution in [0, 0.1) is 0 Å². The zero-order valence-corrected chi connectivity index (χ0v) is 16.9. The molecule has 0 aliphatic rings. The molecule has 0 saturated heterocycles. The lowest BCUT2D eigenvalue weighted by atomic mass is 10.0. The van der Waals surface area contributed by atoms with E-state index in [9.17, 15) is 4.79 Å². The van der Waals surface area contributed by atoms with Crippen LogP contribution >= 0.6 is 0 Å². The fourth-order valence-electron chi connectivity index (χ4n) is 3.59. The number of para-hydroxylation sites is 1. The smallest absolute Gasteiger partial charge is 0.237 e. The maximum Gasteiger partial charge on any atom is 0.237 e. The van der Waals surface area contributed by atoms with Gasteiger partial charge in [0.2, 0.25) is 5.91 Å². The third-order valence-electron chi connectivity index (χ3n) is 5.28. The van der Waals surface area contributed by atoms with Gasteiger partial charge >= 0.3 is 0 Å². The third-order valence-corrected chi connectivity index (χ3v) is 5.28. The second-order valence-corrected chi connectivity index (χ2v) is 7.64. The molecule has 0 spiro atoms. The first-order valence-corrected chi connectivity index (χ1v) is 10.8. The number of aromatic amines is 1. The first-order valence-electron chi connectivity index (χ1n) is 10.8. The van der Waals surface area contributed by atoms with Crippen LogP contribution in [-0.4, -0.2) is 23.5 Å². The number of carbonyl (C=O) groups excluding carboxylic acids is 1. The number of aromatic nitrogens is 1. The molecule has 150 valence electrons. The van der Waals surface area contributed by atoms with Crippen LogP contribution in [0.3, 0.4) is 0 Å². The zero-order chi connectivity index (χ0) is 19.3. The summed E-state index contributed by atoms with van der Waals surface area (Å²) in [6.07, 6.45) is 15.5. The number of nitrogens with two attached hydrogens (primary N) is 1. The lowest BCUT2D eigenvalue weighted by molar-refractivity contribution is -0.122. The van der Waals surface area contributed by atoms with Gasteiger partial charge in [-0.05, 0) is 24.5 Å². The van der Waals surface area contributed by atoms with Crippen molar-refractivity contribution in [2.24, 2.45) is 5.73 Å². The van der Waals surface area contributed by atoms with Crippen molar-refractivity contribution in [2.75, 3.05) is 6.54 Å². The molecule has 0 saturated carbocycles. The summed E-state index contributed by atoms with van der Waals surface area (Å²) in [6, 6.07) is 7.62. The molecule has 1 atom stereocenters. The van der Waals surface area contributed by atoms with Crippen LogP contribution in [0.4, 0.5) is 0 Å². The number of H-pyrrole nitrogens is 1. The van der Waals surface area contributed by atoms with E-state index >= 15 is 0 Å². The second kappa shape index (κ2) is 12.6. The van der Waals surface area contributed by atoms with E-state index in [4.69, 9.17) is 5.73 Å². The number of hydrogen-bond acceptors (Lipinski definition) is 2. The number of unbranched alkanes of at least 4 members (excludes halogenated alkanes) is 9. The molecule has 1 aromatic carbocycles. The van der Waals surface area contributed by atoms with Crippen molar-refractivity contribution in [3.8, 4) is 0 Å². The number of fused-ring (bicyclic) bond motifs is 1. The van der Waals surface area contributed by atoms with Crippen LogP contribution in [0.25, 0.3) is 10.9 Å². The van der Waals surface area contributed by atoms with Gasteiger partial charge in [-0.2, -0.15) is 0 Å². The van der Waals surface area contributed by atoms with Gasteiger partial charge in [-0.25, -0.2) is 0 Å². The van der Waals surface area contributed by atoms with Gasteiger partial charge in [0.25, 0.3) is 0 Å². The summed E-state index contributed by atoms with van der Waals surface area (Å²) >= 11 is 0. The van der Waals surface area contributed by atoms with Crippen LogP contribution in [0.1, 0.15) is 76.7 Å². The monoisotopic (exact) mass is 371 g/mol. The van der Waals surface area contributed by atoms with Crippen molar-refractivity contribution in [1.29, 1.82) is 0 Å². The van der Waals surface area contributed by atoms with Gasteiger partial charge in [0.1, 0.15) is 0 Å². The number of hydrogen-bond donors (Lipinski definition) is 3. The van der Waals surface area contributed by atoms with Gasteiger partial charge in [0, 0.05) is 23.6 Å². The Morgan fingerprint density at radius 1 is 1.00 bits per heavy atom. The Labute approximate surface area is 164 Å². The van der Waals surface area contributed by atoms with E-state index in [1.54, 1.807) is 0 Å². The lowest BCUT2D eigenvalue weighted by Crippen LogP contribution is -2.42. The summed E-state index contributed by atoms with van der Waals surface area (Å²) in [7, 11) is 0. The van der Waals surface area contributed by atoms with Gasteiger partial charge in [0.05, 0.1) is 6.04 Å². The number of nitrogens with one attached hydrogen (secondary N) is 2. The highest BCUT2D eigenvalue weighted by Crippen LogP contribution is 2.18. The quantitative estimate of drug-likeness (QED) is 0.405. The summed E-state index contributed by atoms with van der Waals surface area (Å²) in [5, 5.41) is 4.14. The minimum absolute atomic E-state index is 0.0452. The Morgan fingerprint density at radius 2 is 1.63 bits per heavy atom. The lowest BCUT2D eigenvalue weighted by Gasteiger charge is -2.12. The number of rotatable bonds is 14. The molecule has 0 bridgehead atoms. The van der Waals surface area contributed by atoms with Crippen molar-refractivity contribution in [1.82, 2.24) is 10.3 Å². The Balaban J connectivity index is 1.53. The molecule has 4 nitrogen and oxygen atoms in total. The summed E-state index contributed by atoms with van der Waals surface area (Å²) in [6.45, 7) is 2.99. The highest BCUT2D eigenvalue weighted by atomic mass is 16.2. The van der Waals surface area contributed by atoms with Crippen LogP contribution in [0.15, 0.2) is 30.5 Å². The topological polar surface area (TPSA) is 70.9 Å². The van der Waals surface area contributed by atoms with Crippen LogP contribution in [0.2, 0.25) is 0 Å². The maximum absolute atomic E-state index is 12.2. The minimum atomic E-state index is -0.493. The van der Waals surface area contributed by atoms with E-state index in [1.807, 2.05) is 24.4 Å². The molecule has 0 fully saturated rings. The fraction of sp³-hybridized carbons (Fsp3) is 0.609. The van der Waals surface area contributed by atoms with Gasteiger partial charge in [-0.15, -0.1) is 0 Å². The Morgan fingerprint density at radius 3 is 2.33 bits per heavy atom. The molecule has 0 radical (unpaired) electrons. The summed E-state index contributed by atoms with van der Waals surface area (Å²) in [5.74, 6) is -0.0452. The summed E-state index contributed by atoms with van der Waals surface area (Å²) in [5.41, 5.74) is 8.30. The average molecular weight is 372 g/mol. The Bertz CT molecular complexity index is 664. The van der Waals surface area contributed by atoms with Crippen LogP contribution in [0.5, 0.6) is 0 Å². The Kier molecular flexibility index (Phi) is 9.99. The predicted octanol–water partition coefficient (Wildman–Crippen LogP) is 5.07. The molecule has 1 aromatic heterocycles.